The number of halogens is 2. The molecule has 4 nitrogen and oxygen atoms in total. The number of nitrogens with zero attached hydrogens (tertiary/aromatic N) is 1. The van der Waals surface area contributed by atoms with Crippen molar-refractivity contribution in [1.29, 1.82) is 0 Å². The van der Waals surface area contributed by atoms with Crippen LogP contribution in [-0.4, -0.2) is 43.3 Å². The van der Waals surface area contributed by atoms with Crippen LogP contribution in [0, 0.1) is 18.2 Å². The minimum atomic E-state index is -3.18. The zero-order valence-electron chi connectivity index (χ0n) is 11.1. The molecule has 1 saturated heterocycles. The minimum Gasteiger partial charge on any atom is -0.323 e. The van der Waals surface area contributed by atoms with Crippen LogP contribution in [0.25, 0.3) is 0 Å². The second kappa shape index (κ2) is 6.04. The van der Waals surface area contributed by atoms with Crippen LogP contribution in [-0.2, 0) is 9.84 Å². The van der Waals surface area contributed by atoms with Crippen molar-refractivity contribution in [3.8, 4) is 12.3 Å². The van der Waals surface area contributed by atoms with Crippen LogP contribution < -0.4 is 0 Å². The minimum absolute atomic E-state index is 0.00401. The van der Waals surface area contributed by atoms with Gasteiger partial charge in [0.1, 0.15) is 5.82 Å². The van der Waals surface area contributed by atoms with Crippen molar-refractivity contribution in [3.63, 3.8) is 0 Å². The summed E-state index contributed by atoms with van der Waals surface area (Å²) < 4.78 is 36.9. The van der Waals surface area contributed by atoms with Crippen LogP contribution in [0.2, 0.25) is 5.02 Å². The fraction of sp³-hybridized carbons (Fsp3) is 0.357. The molecule has 0 aromatic heterocycles. The number of hydrogen-bond donors (Lipinski definition) is 0. The maximum atomic E-state index is 13.8. The highest BCUT2D eigenvalue weighted by Crippen LogP contribution is 2.22. The van der Waals surface area contributed by atoms with Gasteiger partial charge in [0.15, 0.2) is 9.84 Å². The molecule has 2 rings (SSSR count). The van der Waals surface area contributed by atoms with Crippen LogP contribution in [0.15, 0.2) is 18.2 Å². The molecule has 0 bridgehead atoms. The summed E-state index contributed by atoms with van der Waals surface area (Å²) >= 11 is 5.77. The Labute approximate surface area is 127 Å². The van der Waals surface area contributed by atoms with E-state index in [1.165, 1.54) is 17.0 Å². The van der Waals surface area contributed by atoms with Gasteiger partial charge < -0.3 is 4.90 Å². The van der Waals surface area contributed by atoms with Gasteiger partial charge in [-0.15, -0.1) is 6.42 Å². The number of sulfone groups is 1. The summed E-state index contributed by atoms with van der Waals surface area (Å²) in [7, 11) is -3.18. The predicted molar refractivity (Wildman–Crippen MR) is 78.3 cm³/mol. The monoisotopic (exact) mass is 329 g/mol. The van der Waals surface area contributed by atoms with Crippen LogP contribution >= 0.6 is 11.6 Å². The van der Waals surface area contributed by atoms with E-state index in [0.29, 0.717) is 6.42 Å². The number of terminal acetylenes is 1. The Morgan fingerprint density at radius 1 is 1.52 bits per heavy atom. The first kappa shape index (κ1) is 15.8. The standard InChI is InChI=1S/C14H13ClFNO3S/c1-2-6-17(11-5-7-21(19,20)9-11)14(18)12-8-10(15)3-4-13(12)16/h1,3-4,8,11H,5-7,9H2. The van der Waals surface area contributed by atoms with Crippen molar-refractivity contribution < 1.29 is 17.6 Å². The van der Waals surface area contributed by atoms with E-state index in [4.69, 9.17) is 18.0 Å². The van der Waals surface area contributed by atoms with Crippen molar-refractivity contribution in [2.75, 3.05) is 18.1 Å². The summed E-state index contributed by atoms with van der Waals surface area (Å²) in [5.74, 6) is 0.806. The van der Waals surface area contributed by atoms with Crippen LogP contribution in [0.4, 0.5) is 4.39 Å². The van der Waals surface area contributed by atoms with Gasteiger partial charge >= 0.3 is 0 Å². The highest BCUT2D eigenvalue weighted by molar-refractivity contribution is 7.91. The Balaban J connectivity index is 2.32. The SMILES string of the molecule is C#CCN(C(=O)c1cc(Cl)ccc1F)C1CCS(=O)(=O)C1. The first-order chi connectivity index (χ1) is 9.84. The van der Waals surface area contributed by atoms with Gasteiger partial charge in [-0.25, -0.2) is 12.8 Å². The Bertz CT molecular complexity index is 711. The summed E-state index contributed by atoms with van der Waals surface area (Å²) in [6, 6.07) is 3.11. The van der Waals surface area contributed by atoms with Crippen molar-refractivity contribution >= 4 is 27.3 Å². The van der Waals surface area contributed by atoms with Gasteiger partial charge in [0.25, 0.3) is 5.91 Å². The van der Waals surface area contributed by atoms with E-state index in [1.807, 2.05) is 0 Å². The predicted octanol–water partition coefficient (Wildman–Crippen LogP) is 1.74. The molecule has 1 fully saturated rings. The second-order valence-electron chi connectivity index (χ2n) is 4.82. The topological polar surface area (TPSA) is 54.5 Å². The van der Waals surface area contributed by atoms with Gasteiger partial charge in [-0.05, 0) is 24.6 Å². The van der Waals surface area contributed by atoms with Gasteiger partial charge in [0.2, 0.25) is 0 Å². The molecule has 1 aromatic carbocycles. The summed E-state index contributed by atoms with van der Waals surface area (Å²) in [5, 5.41) is 0.222. The lowest BCUT2D eigenvalue weighted by Gasteiger charge is -2.26. The number of rotatable bonds is 3. The third-order valence-corrected chi connectivity index (χ3v) is 5.32. The van der Waals surface area contributed by atoms with E-state index < -0.39 is 27.6 Å². The first-order valence-electron chi connectivity index (χ1n) is 6.24. The average molecular weight is 330 g/mol. The van der Waals surface area contributed by atoms with Gasteiger partial charge in [0, 0.05) is 11.1 Å². The van der Waals surface area contributed by atoms with E-state index >= 15 is 0 Å². The molecule has 1 aromatic rings. The van der Waals surface area contributed by atoms with Crippen molar-refractivity contribution in [1.82, 2.24) is 4.90 Å². The largest absolute Gasteiger partial charge is 0.323 e. The highest BCUT2D eigenvalue weighted by Gasteiger charge is 2.35. The lowest BCUT2D eigenvalue weighted by Crippen LogP contribution is -2.41. The van der Waals surface area contributed by atoms with E-state index in [0.717, 1.165) is 6.07 Å². The number of carbonyl (C=O) groups excluding carboxylic acids is 1. The van der Waals surface area contributed by atoms with E-state index in [2.05, 4.69) is 5.92 Å². The normalized spacial score (nSPS) is 20.0. The molecule has 21 heavy (non-hydrogen) atoms. The quantitative estimate of drug-likeness (QED) is 0.794. The molecular formula is C14H13ClFNO3S. The highest BCUT2D eigenvalue weighted by atomic mass is 35.5. The number of hydrogen-bond acceptors (Lipinski definition) is 3. The molecule has 7 heteroatoms. The Morgan fingerprint density at radius 2 is 2.24 bits per heavy atom. The smallest absolute Gasteiger partial charge is 0.257 e. The van der Waals surface area contributed by atoms with Crippen molar-refractivity contribution in [2.45, 2.75) is 12.5 Å². The zero-order chi connectivity index (χ0) is 15.6. The first-order valence-corrected chi connectivity index (χ1v) is 8.44. The fourth-order valence-corrected chi connectivity index (χ4v) is 4.21. The Morgan fingerprint density at radius 3 is 2.81 bits per heavy atom. The molecule has 1 unspecified atom stereocenters. The Kier molecular flexibility index (Phi) is 4.55. The summed E-state index contributed by atoms with van der Waals surface area (Å²) in [5.41, 5.74) is -0.206. The van der Waals surface area contributed by atoms with E-state index in [1.54, 1.807) is 0 Å². The molecule has 112 valence electrons. The molecule has 1 aliphatic rings. The van der Waals surface area contributed by atoms with Crippen LogP contribution in [0.5, 0.6) is 0 Å². The molecule has 1 atom stereocenters. The molecule has 0 saturated carbocycles. The number of benzene rings is 1. The summed E-state index contributed by atoms with van der Waals surface area (Å²) in [6.07, 6.45) is 5.54. The number of amides is 1. The third-order valence-electron chi connectivity index (χ3n) is 3.33. The maximum absolute atomic E-state index is 13.8. The average Bonchev–Trinajstić information content (AvgIpc) is 2.78. The second-order valence-corrected chi connectivity index (χ2v) is 7.48. The lowest BCUT2D eigenvalue weighted by molar-refractivity contribution is 0.0719. The molecule has 0 N–H and O–H groups in total. The zero-order valence-corrected chi connectivity index (χ0v) is 12.6. The van der Waals surface area contributed by atoms with Gasteiger partial charge in [-0.3, -0.25) is 4.79 Å². The van der Waals surface area contributed by atoms with Crippen LogP contribution in [0.3, 0.4) is 0 Å². The third kappa shape index (κ3) is 3.55. The molecule has 1 aliphatic heterocycles. The summed E-state index contributed by atoms with van der Waals surface area (Å²) in [6.45, 7) is -0.0784. The lowest BCUT2D eigenvalue weighted by atomic mass is 10.1. The maximum Gasteiger partial charge on any atom is 0.257 e. The molecule has 0 aliphatic carbocycles. The van der Waals surface area contributed by atoms with Gasteiger partial charge in [-0.2, -0.15) is 0 Å². The molecule has 0 spiro atoms. The van der Waals surface area contributed by atoms with Gasteiger partial charge in [0.05, 0.1) is 23.6 Å². The van der Waals surface area contributed by atoms with Crippen molar-refractivity contribution in [2.24, 2.45) is 0 Å². The molecular weight excluding hydrogens is 317 g/mol. The van der Waals surface area contributed by atoms with E-state index in [9.17, 15) is 17.6 Å². The molecule has 1 amide bonds. The van der Waals surface area contributed by atoms with E-state index in [-0.39, 0.29) is 28.6 Å². The van der Waals surface area contributed by atoms with Gasteiger partial charge in [-0.1, -0.05) is 17.5 Å². The Hall–Kier alpha value is -1.58. The van der Waals surface area contributed by atoms with Crippen molar-refractivity contribution in [3.05, 3.63) is 34.6 Å². The van der Waals surface area contributed by atoms with Crippen LogP contribution in [0.1, 0.15) is 16.8 Å². The fourth-order valence-electron chi connectivity index (χ4n) is 2.30. The molecule has 1 heterocycles. The summed E-state index contributed by atoms with van der Waals surface area (Å²) in [4.78, 5) is 13.7. The number of carbonyl (C=O) groups is 1. The molecule has 0 radical (unpaired) electrons.